The summed E-state index contributed by atoms with van der Waals surface area (Å²) in [4.78, 5) is 19.3. The van der Waals surface area contributed by atoms with Crippen molar-refractivity contribution in [3.05, 3.63) is 59.0 Å². The second kappa shape index (κ2) is 4.85. The molecule has 0 aliphatic carbocycles. The van der Waals surface area contributed by atoms with E-state index in [9.17, 15) is 4.79 Å². The lowest BCUT2D eigenvalue weighted by Crippen LogP contribution is -2.11. The number of anilines is 1. The summed E-state index contributed by atoms with van der Waals surface area (Å²) in [6.45, 7) is 0. The van der Waals surface area contributed by atoms with Crippen molar-refractivity contribution < 1.29 is 4.79 Å². The Balaban J connectivity index is 1.96. The van der Waals surface area contributed by atoms with Crippen LogP contribution in [-0.2, 0) is 0 Å². The third-order valence-corrected chi connectivity index (χ3v) is 3.30. The largest absolute Gasteiger partial charge is 0.360 e. The molecule has 94 valence electrons. The molecule has 0 saturated heterocycles. The predicted octanol–water partition coefficient (Wildman–Crippen LogP) is 3.58. The molecule has 0 spiro atoms. The molecular formula is C14H10BrN3O. The van der Waals surface area contributed by atoms with Gasteiger partial charge in [-0.25, -0.2) is 0 Å². The zero-order valence-corrected chi connectivity index (χ0v) is 11.4. The number of pyridine rings is 1. The van der Waals surface area contributed by atoms with Crippen LogP contribution in [0.2, 0.25) is 0 Å². The van der Waals surface area contributed by atoms with Crippen LogP contribution in [0.25, 0.3) is 10.9 Å². The van der Waals surface area contributed by atoms with Crippen molar-refractivity contribution in [1.82, 2.24) is 9.97 Å². The van der Waals surface area contributed by atoms with Crippen LogP contribution in [0, 0.1) is 0 Å². The van der Waals surface area contributed by atoms with Gasteiger partial charge in [-0.05, 0) is 30.3 Å². The van der Waals surface area contributed by atoms with Crippen LogP contribution >= 0.6 is 15.9 Å². The van der Waals surface area contributed by atoms with E-state index in [1.165, 1.54) is 0 Å². The number of H-pyrrole nitrogens is 1. The molecule has 3 rings (SSSR count). The molecule has 1 aromatic carbocycles. The molecule has 0 aliphatic rings. The molecule has 0 saturated carbocycles. The average Bonchev–Trinajstić information content (AvgIpc) is 2.82. The predicted molar refractivity (Wildman–Crippen MR) is 78.2 cm³/mol. The molecule has 2 aromatic heterocycles. The van der Waals surface area contributed by atoms with Gasteiger partial charge in [0.25, 0.3) is 5.91 Å². The van der Waals surface area contributed by atoms with Gasteiger partial charge in [-0.2, -0.15) is 0 Å². The van der Waals surface area contributed by atoms with Crippen LogP contribution < -0.4 is 5.32 Å². The van der Waals surface area contributed by atoms with Crippen molar-refractivity contribution in [3.63, 3.8) is 0 Å². The molecule has 0 bridgehead atoms. The maximum absolute atomic E-state index is 12.2. The lowest BCUT2D eigenvalue weighted by atomic mass is 10.1. The minimum Gasteiger partial charge on any atom is -0.360 e. The van der Waals surface area contributed by atoms with E-state index in [1.807, 2.05) is 18.2 Å². The summed E-state index contributed by atoms with van der Waals surface area (Å²) in [6.07, 6.45) is 4.99. The van der Waals surface area contributed by atoms with Crippen LogP contribution in [0.3, 0.4) is 0 Å². The standard InChI is InChI=1S/C14H10BrN3O/c15-9-3-4-13-11(6-9)12(8-17-13)14(19)18-10-2-1-5-16-7-10/h1-8,17H,(H,18,19). The van der Waals surface area contributed by atoms with Crippen LogP contribution in [0.5, 0.6) is 0 Å². The number of carbonyl (C=O) groups is 1. The summed E-state index contributed by atoms with van der Waals surface area (Å²) in [5.74, 6) is -0.155. The number of aromatic amines is 1. The van der Waals surface area contributed by atoms with Crippen molar-refractivity contribution in [2.75, 3.05) is 5.32 Å². The Morgan fingerprint density at radius 2 is 2.21 bits per heavy atom. The molecular weight excluding hydrogens is 306 g/mol. The van der Waals surface area contributed by atoms with Crippen LogP contribution in [0.4, 0.5) is 5.69 Å². The van der Waals surface area contributed by atoms with Gasteiger partial charge < -0.3 is 10.3 Å². The first-order chi connectivity index (χ1) is 9.24. The first-order valence-electron chi connectivity index (χ1n) is 5.72. The minimum atomic E-state index is -0.155. The minimum absolute atomic E-state index is 0.155. The van der Waals surface area contributed by atoms with E-state index in [0.29, 0.717) is 11.3 Å². The van der Waals surface area contributed by atoms with Gasteiger partial charge in [0.15, 0.2) is 0 Å². The van der Waals surface area contributed by atoms with E-state index in [2.05, 4.69) is 31.2 Å². The molecule has 4 nitrogen and oxygen atoms in total. The van der Waals surface area contributed by atoms with E-state index >= 15 is 0 Å². The normalized spacial score (nSPS) is 10.6. The van der Waals surface area contributed by atoms with Gasteiger partial charge in [0.2, 0.25) is 0 Å². The van der Waals surface area contributed by atoms with Gasteiger partial charge in [-0.3, -0.25) is 9.78 Å². The number of amides is 1. The van der Waals surface area contributed by atoms with Gasteiger partial charge >= 0.3 is 0 Å². The van der Waals surface area contributed by atoms with E-state index in [1.54, 1.807) is 30.7 Å². The fraction of sp³-hybridized carbons (Fsp3) is 0. The van der Waals surface area contributed by atoms with E-state index in [0.717, 1.165) is 15.4 Å². The van der Waals surface area contributed by atoms with E-state index in [4.69, 9.17) is 0 Å². The van der Waals surface area contributed by atoms with E-state index in [-0.39, 0.29) is 5.91 Å². The fourth-order valence-electron chi connectivity index (χ4n) is 1.92. The Labute approximate surface area is 118 Å². The Morgan fingerprint density at radius 1 is 1.32 bits per heavy atom. The summed E-state index contributed by atoms with van der Waals surface area (Å²) in [6, 6.07) is 9.36. The van der Waals surface area contributed by atoms with E-state index < -0.39 is 0 Å². The number of carbonyl (C=O) groups excluding carboxylic acids is 1. The number of nitrogens with zero attached hydrogens (tertiary/aromatic N) is 1. The summed E-state index contributed by atoms with van der Waals surface area (Å²) in [5.41, 5.74) is 2.22. The lowest BCUT2D eigenvalue weighted by molar-refractivity contribution is 0.102. The topological polar surface area (TPSA) is 57.8 Å². The Bertz CT molecular complexity index is 737. The van der Waals surface area contributed by atoms with Gasteiger partial charge in [-0.15, -0.1) is 0 Å². The highest BCUT2D eigenvalue weighted by Gasteiger charge is 2.12. The first-order valence-corrected chi connectivity index (χ1v) is 6.51. The highest BCUT2D eigenvalue weighted by atomic mass is 79.9. The maximum atomic E-state index is 12.2. The molecule has 2 heterocycles. The zero-order valence-electron chi connectivity index (χ0n) is 9.85. The number of rotatable bonds is 2. The molecule has 2 N–H and O–H groups in total. The van der Waals surface area contributed by atoms with Gasteiger partial charge in [-0.1, -0.05) is 15.9 Å². The summed E-state index contributed by atoms with van der Waals surface area (Å²) in [7, 11) is 0. The summed E-state index contributed by atoms with van der Waals surface area (Å²) in [5, 5.41) is 3.70. The fourth-order valence-corrected chi connectivity index (χ4v) is 2.28. The molecule has 19 heavy (non-hydrogen) atoms. The van der Waals surface area contributed by atoms with Gasteiger partial charge in [0, 0.05) is 27.8 Å². The van der Waals surface area contributed by atoms with Gasteiger partial charge in [0.05, 0.1) is 17.4 Å². The highest BCUT2D eigenvalue weighted by Crippen LogP contribution is 2.23. The van der Waals surface area contributed by atoms with Crippen molar-refractivity contribution >= 4 is 38.4 Å². The maximum Gasteiger partial charge on any atom is 0.257 e. The van der Waals surface area contributed by atoms with Crippen molar-refractivity contribution in [1.29, 1.82) is 0 Å². The molecule has 1 amide bonds. The highest BCUT2D eigenvalue weighted by molar-refractivity contribution is 9.10. The third-order valence-electron chi connectivity index (χ3n) is 2.81. The van der Waals surface area contributed by atoms with Gasteiger partial charge in [0.1, 0.15) is 0 Å². The molecule has 0 radical (unpaired) electrons. The molecule has 5 heteroatoms. The number of hydrogen-bond donors (Lipinski definition) is 2. The van der Waals surface area contributed by atoms with Crippen LogP contribution in [-0.4, -0.2) is 15.9 Å². The Morgan fingerprint density at radius 3 is 3.00 bits per heavy atom. The lowest BCUT2D eigenvalue weighted by Gasteiger charge is -2.03. The average molecular weight is 316 g/mol. The number of halogens is 1. The van der Waals surface area contributed by atoms with Crippen LogP contribution in [0.1, 0.15) is 10.4 Å². The molecule has 3 aromatic rings. The zero-order chi connectivity index (χ0) is 13.2. The number of hydrogen-bond acceptors (Lipinski definition) is 2. The second-order valence-electron chi connectivity index (χ2n) is 4.09. The monoisotopic (exact) mass is 315 g/mol. The number of benzene rings is 1. The first kappa shape index (κ1) is 11.9. The number of fused-ring (bicyclic) bond motifs is 1. The third kappa shape index (κ3) is 2.37. The number of nitrogens with one attached hydrogen (secondary N) is 2. The van der Waals surface area contributed by atoms with Crippen molar-refractivity contribution in [2.45, 2.75) is 0 Å². The van der Waals surface area contributed by atoms with Crippen molar-refractivity contribution in [2.24, 2.45) is 0 Å². The second-order valence-corrected chi connectivity index (χ2v) is 5.00. The molecule has 0 aliphatic heterocycles. The van der Waals surface area contributed by atoms with Crippen LogP contribution in [0.15, 0.2) is 53.4 Å². The molecule has 0 atom stereocenters. The molecule has 0 fully saturated rings. The summed E-state index contributed by atoms with van der Waals surface area (Å²) >= 11 is 3.41. The smallest absolute Gasteiger partial charge is 0.257 e. The number of aromatic nitrogens is 2. The molecule has 0 unspecified atom stereocenters. The SMILES string of the molecule is O=C(Nc1cccnc1)c1c[nH]c2ccc(Br)cc12. The van der Waals surface area contributed by atoms with Crippen molar-refractivity contribution in [3.8, 4) is 0 Å². The summed E-state index contributed by atoms with van der Waals surface area (Å²) < 4.78 is 0.940. The quantitative estimate of drug-likeness (QED) is 0.759. The Kier molecular flexibility index (Phi) is 3.05. The Hall–Kier alpha value is -2.14.